The molecule has 0 saturated heterocycles. The fourth-order valence-corrected chi connectivity index (χ4v) is 2.04. The van der Waals surface area contributed by atoms with Crippen LogP contribution < -0.4 is 10.2 Å². The van der Waals surface area contributed by atoms with Crippen LogP contribution in [0.15, 0.2) is 0 Å². The van der Waals surface area contributed by atoms with Gasteiger partial charge in [-0.15, -0.1) is 0 Å². The molecule has 0 aliphatic rings. The second-order valence-corrected chi connectivity index (χ2v) is 7.06. The van der Waals surface area contributed by atoms with Crippen LogP contribution in [0, 0.1) is 11.3 Å². The Labute approximate surface area is 162 Å². The summed E-state index contributed by atoms with van der Waals surface area (Å²) in [6.45, 7) is 10.5. The van der Waals surface area contributed by atoms with Crippen molar-refractivity contribution in [1.29, 1.82) is 0 Å². The first-order chi connectivity index (χ1) is 10.1. The summed E-state index contributed by atoms with van der Waals surface area (Å²) in [6, 6.07) is 0. The monoisotopic (exact) mass is 522 g/mol. The maximum atomic E-state index is 10.3. The summed E-state index contributed by atoms with van der Waals surface area (Å²) < 4.78 is 0. The fourth-order valence-electron chi connectivity index (χ4n) is 2.04. The van der Waals surface area contributed by atoms with Gasteiger partial charge in [-0.3, -0.25) is 0 Å². The zero-order valence-electron chi connectivity index (χ0n) is 15.6. The van der Waals surface area contributed by atoms with Crippen molar-refractivity contribution in [2.45, 2.75) is 92.4 Å². The van der Waals surface area contributed by atoms with Crippen LogP contribution in [0.25, 0.3) is 0 Å². The van der Waals surface area contributed by atoms with E-state index in [4.69, 9.17) is 0 Å². The van der Waals surface area contributed by atoms with Crippen molar-refractivity contribution in [1.82, 2.24) is 0 Å². The Morgan fingerprint density at radius 1 is 0.957 bits per heavy atom. The number of hydrogen-bond donors (Lipinski definition) is 0. The molecule has 0 N–H and O–H groups in total. The average molecular weight is 522 g/mol. The molecule has 0 aromatic heterocycles. The van der Waals surface area contributed by atoms with Gasteiger partial charge in [0.1, 0.15) is 0 Å². The van der Waals surface area contributed by atoms with E-state index in [0.29, 0.717) is 11.8 Å². The Hall–Kier alpha value is -0.138. The van der Waals surface area contributed by atoms with Crippen molar-refractivity contribution in [3.63, 3.8) is 0 Å². The molecule has 0 spiro atoms. The van der Waals surface area contributed by atoms with E-state index in [1.165, 1.54) is 6.42 Å². The number of rotatable bonds is 10. The van der Waals surface area contributed by atoms with E-state index in [1.54, 1.807) is 0 Å². The molecule has 5 heteroatoms. The van der Waals surface area contributed by atoms with Crippen molar-refractivity contribution in [3.8, 4) is 0 Å². The van der Waals surface area contributed by atoms with Gasteiger partial charge in [-0.1, -0.05) is 60.3 Å². The van der Waals surface area contributed by atoms with Gasteiger partial charge in [0.25, 0.3) is 0 Å². The Balaban J connectivity index is -0.000000338. The minimum atomic E-state index is -0.925. The number of carboxylic acids is 2. The number of carboxylic acid groups (broad SMARTS) is 2. The summed E-state index contributed by atoms with van der Waals surface area (Å²) in [5, 5.41) is 20.4. The van der Waals surface area contributed by atoms with Crippen LogP contribution in [0.4, 0.5) is 0 Å². The van der Waals surface area contributed by atoms with Gasteiger partial charge in [-0.25, -0.2) is 0 Å². The van der Waals surface area contributed by atoms with Crippen LogP contribution in [-0.2, 0) is 9.59 Å². The van der Waals surface area contributed by atoms with E-state index in [2.05, 4.69) is 27.7 Å². The SMILES string of the molecule is CC(C)(C)CCCCCC(=O)[O-].CCCCC(CC)C(=O)[O-].[Pb+2]. The van der Waals surface area contributed by atoms with Crippen LogP contribution >= 0.6 is 0 Å². The molecule has 0 fully saturated rings. The Morgan fingerprint density at radius 3 is 1.87 bits per heavy atom. The second-order valence-electron chi connectivity index (χ2n) is 7.06. The van der Waals surface area contributed by atoms with Crippen LogP contribution in [0.2, 0.25) is 0 Å². The van der Waals surface area contributed by atoms with Gasteiger partial charge in [0.15, 0.2) is 0 Å². The molecule has 0 heterocycles. The first-order valence-corrected chi connectivity index (χ1v) is 8.54. The van der Waals surface area contributed by atoms with Crippen molar-refractivity contribution in [3.05, 3.63) is 0 Å². The Bertz CT molecular complexity index is 298. The van der Waals surface area contributed by atoms with Gasteiger partial charge in [0.05, 0.1) is 0 Å². The fraction of sp³-hybridized carbons (Fsp3) is 0.889. The van der Waals surface area contributed by atoms with Crippen LogP contribution in [0.1, 0.15) is 92.4 Å². The van der Waals surface area contributed by atoms with Crippen molar-refractivity contribution < 1.29 is 19.8 Å². The molecule has 1 unspecified atom stereocenters. The third-order valence-electron chi connectivity index (χ3n) is 3.54. The third kappa shape index (κ3) is 24.2. The van der Waals surface area contributed by atoms with Crippen molar-refractivity contribution in [2.24, 2.45) is 11.3 Å². The van der Waals surface area contributed by atoms with Gasteiger partial charge >= 0.3 is 27.3 Å². The Morgan fingerprint density at radius 2 is 1.52 bits per heavy atom. The van der Waals surface area contributed by atoms with E-state index in [9.17, 15) is 19.8 Å². The quantitative estimate of drug-likeness (QED) is 0.327. The van der Waals surface area contributed by atoms with Gasteiger partial charge in [0.2, 0.25) is 0 Å². The number of carbonyl (C=O) groups is 2. The molecule has 0 saturated carbocycles. The first-order valence-electron chi connectivity index (χ1n) is 8.54. The van der Waals surface area contributed by atoms with E-state index >= 15 is 0 Å². The van der Waals surface area contributed by atoms with Crippen molar-refractivity contribution in [2.75, 3.05) is 0 Å². The smallest absolute Gasteiger partial charge is 0.550 e. The molecule has 4 nitrogen and oxygen atoms in total. The Kier molecular flexibility index (Phi) is 20.1. The molecule has 0 amide bonds. The van der Waals surface area contributed by atoms with Crippen LogP contribution in [-0.4, -0.2) is 39.2 Å². The summed E-state index contributed by atoms with van der Waals surface area (Å²) in [6.07, 6.45) is 7.79. The maximum Gasteiger partial charge on any atom is 2.00 e. The predicted octanol–water partition coefficient (Wildman–Crippen LogP) is 2.30. The van der Waals surface area contributed by atoms with Gasteiger partial charge in [-0.05, 0) is 43.4 Å². The van der Waals surface area contributed by atoms with E-state index in [-0.39, 0.29) is 39.6 Å². The predicted molar refractivity (Wildman–Crippen MR) is 91.6 cm³/mol. The minimum absolute atomic E-state index is 0. The molecule has 0 rings (SSSR count). The molecule has 0 aromatic carbocycles. The second kappa shape index (κ2) is 16.7. The summed E-state index contributed by atoms with van der Waals surface area (Å²) in [4.78, 5) is 20.4. The van der Waals surface area contributed by atoms with Gasteiger partial charge < -0.3 is 19.8 Å². The molecule has 0 aliphatic heterocycles. The molecule has 0 aromatic rings. The van der Waals surface area contributed by atoms with E-state index in [1.807, 2.05) is 6.92 Å². The summed E-state index contributed by atoms with van der Waals surface area (Å²) in [5.74, 6) is -2.04. The number of aliphatic carboxylic acids is 2. The van der Waals surface area contributed by atoms with Crippen molar-refractivity contribution >= 4 is 39.2 Å². The zero-order valence-corrected chi connectivity index (χ0v) is 19.5. The average Bonchev–Trinajstić information content (AvgIpc) is 2.38. The maximum absolute atomic E-state index is 10.3. The number of hydrogen-bond acceptors (Lipinski definition) is 4. The minimum Gasteiger partial charge on any atom is -0.550 e. The molecule has 2 radical (unpaired) electrons. The number of carbonyl (C=O) groups excluding carboxylic acids is 2. The number of unbranched alkanes of at least 4 members (excludes halogenated alkanes) is 3. The van der Waals surface area contributed by atoms with E-state index in [0.717, 1.165) is 38.5 Å². The van der Waals surface area contributed by atoms with Crippen LogP contribution in [0.5, 0.6) is 0 Å². The first kappa shape index (κ1) is 27.7. The van der Waals surface area contributed by atoms with Gasteiger partial charge in [-0.2, -0.15) is 0 Å². The molecule has 0 bridgehead atoms. The molecular formula is C18H34O4Pb. The molecule has 134 valence electrons. The molecule has 23 heavy (non-hydrogen) atoms. The molecule has 0 aliphatic carbocycles. The standard InChI is InChI=1S/C10H20O2.C8H16O2.Pb/c1-10(2,3)8-6-4-5-7-9(11)12;1-3-5-6-7(4-2)8(9)10;/h4-8H2,1-3H3,(H,11,12);7H,3-6H2,1-2H3,(H,9,10);/q;;+2/p-2. The summed E-state index contributed by atoms with van der Waals surface area (Å²) in [7, 11) is 0. The van der Waals surface area contributed by atoms with E-state index < -0.39 is 11.9 Å². The van der Waals surface area contributed by atoms with Gasteiger partial charge in [0, 0.05) is 11.9 Å². The topological polar surface area (TPSA) is 80.3 Å². The zero-order chi connectivity index (χ0) is 17.6. The summed E-state index contributed by atoms with van der Waals surface area (Å²) in [5.41, 5.74) is 0.376. The van der Waals surface area contributed by atoms with Crippen LogP contribution in [0.3, 0.4) is 0 Å². The summed E-state index contributed by atoms with van der Waals surface area (Å²) >= 11 is 0. The molecular weight excluding hydrogens is 487 g/mol. The normalized spacial score (nSPS) is 11.7. The molecule has 1 atom stereocenters. The third-order valence-corrected chi connectivity index (χ3v) is 3.54. The largest absolute Gasteiger partial charge is 2.00 e.